The van der Waals surface area contributed by atoms with Crippen molar-refractivity contribution in [1.82, 2.24) is 10.6 Å². The Morgan fingerprint density at radius 1 is 1.19 bits per heavy atom. The molecule has 0 unspecified atom stereocenters. The smallest absolute Gasteiger partial charge is 0.239 e. The minimum Gasteiger partial charge on any atom is -0.354 e. The fourth-order valence-corrected chi connectivity index (χ4v) is 2.29. The number of hydrogen-bond donors (Lipinski definition) is 2. The predicted octanol–water partition coefficient (Wildman–Crippen LogP) is 2.55. The molecule has 0 fully saturated rings. The maximum Gasteiger partial charge on any atom is 0.239 e. The van der Waals surface area contributed by atoms with Gasteiger partial charge >= 0.3 is 0 Å². The zero-order chi connectivity index (χ0) is 15.7. The molecule has 0 radical (unpaired) electrons. The summed E-state index contributed by atoms with van der Waals surface area (Å²) in [6, 6.07) is 7.54. The van der Waals surface area contributed by atoms with Crippen LogP contribution >= 0.6 is 11.6 Å². The van der Waals surface area contributed by atoms with E-state index in [0.717, 1.165) is 18.4 Å². The van der Waals surface area contributed by atoms with Crippen LogP contribution in [0.3, 0.4) is 0 Å². The van der Waals surface area contributed by atoms with Gasteiger partial charge in [0.25, 0.3) is 0 Å². The van der Waals surface area contributed by atoms with Crippen LogP contribution in [0.2, 0.25) is 5.02 Å². The standard InChI is InChI=1S/C16H23ClN2O2/c1-3-13(4-2)16(21)19-11-15(20)18-9-8-12-6-5-7-14(17)10-12/h5-7,10,13H,3-4,8-9,11H2,1-2H3,(H,18,20)(H,19,21). The van der Waals surface area contributed by atoms with E-state index >= 15 is 0 Å². The second-order valence-corrected chi connectivity index (χ2v) is 5.40. The Hall–Kier alpha value is -1.55. The Morgan fingerprint density at radius 3 is 2.52 bits per heavy atom. The van der Waals surface area contributed by atoms with Gasteiger partial charge in [-0.05, 0) is 37.0 Å². The van der Waals surface area contributed by atoms with E-state index in [1.807, 2.05) is 38.1 Å². The number of amides is 2. The first-order valence-corrected chi connectivity index (χ1v) is 7.73. The first kappa shape index (κ1) is 17.5. The van der Waals surface area contributed by atoms with E-state index in [1.165, 1.54) is 0 Å². The van der Waals surface area contributed by atoms with E-state index in [1.54, 1.807) is 0 Å². The van der Waals surface area contributed by atoms with Crippen molar-refractivity contribution in [2.45, 2.75) is 33.1 Å². The normalized spacial score (nSPS) is 10.5. The highest BCUT2D eigenvalue weighted by atomic mass is 35.5. The monoisotopic (exact) mass is 310 g/mol. The first-order valence-electron chi connectivity index (χ1n) is 7.35. The van der Waals surface area contributed by atoms with Crippen LogP contribution in [0.4, 0.5) is 0 Å². The molecule has 0 aromatic heterocycles. The molecule has 0 heterocycles. The lowest BCUT2D eigenvalue weighted by atomic mass is 10.0. The number of nitrogens with one attached hydrogen (secondary N) is 2. The van der Waals surface area contributed by atoms with Crippen molar-refractivity contribution in [3.05, 3.63) is 34.9 Å². The van der Waals surface area contributed by atoms with E-state index in [0.29, 0.717) is 18.0 Å². The third-order valence-electron chi connectivity index (χ3n) is 3.40. The summed E-state index contributed by atoms with van der Waals surface area (Å²) < 4.78 is 0. The zero-order valence-electron chi connectivity index (χ0n) is 12.6. The maximum absolute atomic E-state index is 11.7. The van der Waals surface area contributed by atoms with Crippen LogP contribution in [0.5, 0.6) is 0 Å². The van der Waals surface area contributed by atoms with Gasteiger partial charge in [-0.2, -0.15) is 0 Å². The molecule has 2 amide bonds. The van der Waals surface area contributed by atoms with Gasteiger partial charge in [0.2, 0.25) is 11.8 Å². The molecule has 0 aliphatic heterocycles. The Labute approximate surface area is 131 Å². The van der Waals surface area contributed by atoms with Crippen LogP contribution in [0.25, 0.3) is 0 Å². The second kappa shape index (κ2) is 9.40. The predicted molar refractivity (Wildman–Crippen MR) is 85.2 cm³/mol. The SMILES string of the molecule is CCC(CC)C(=O)NCC(=O)NCCc1cccc(Cl)c1. The molecule has 0 saturated heterocycles. The molecular weight excluding hydrogens is 288 g/mol. The van der Waals surface area contributed by atoms with Crippen molar-refractivity contribution in [3.8, 4) is 0 Å². The van der Waals surface area contributed by atoms with E-state index in [4.69, 9.17) is 11.6 Å². The lowest BCUT2D eigenvalue weighted by Crippen LogP contribution is -2.40. The van der Waals surface area contributed by atoms with Gasteiger partial charge in [0.15, 0.2) is 0 Å². The molecule has 5 heteroatoms. The van der Waals surface area contributed by atoms with Crippen molar-refractivity contribution in [1.29, 1.82) is 0 Å². The molecular formula is C16H23ClN2O2. The zero-order valence-corrected chi connectivity index (χ0v) is 13.4. The third-order valence-corrected chi connectivity index (χ3v) is 3.64. The maximum atomic E-state index is 11.7. The molecule has 1 aromatic rings. The number of hydrogen-bond acceptors (Lipinski definition) is 2. The fourth-order valence-electron chi connectivity index (χ4n) is 2.07. The van der Waals surface area contributed by atoms with Crippen molar-refractivity contribution in [3.63, 3.8) is 0 Å². The number of benzene rings is 1. The lowest BCUT2D eigenvalue weighted by molar-refractivity contribution is -0.128. The fraction of sp³-hybridized carbons (Fsp3) is 0.500. The van der Waals surface area contributed by atoms with Gasteiger partial charge < -0.3 is 10.6 Å². The topological polar surface area (TPSA) is 58.2 Å². The Bertz CT molecular complexity index is 473. The summed E-state index contributed by atoms with van der Waals surface area (Å²) in [7, 11) is 0. The molecule has 21 heavy (non-hydrogen) atoms. The summed E-state index contributed by atoms with van der Waals surface area (Å²) in [4.78, 5) is 23.4. The average Bonchev–Trinajstić information content (AvgIpc) is 2.46. The van der Waals surface area contributed by atoms with Gasteiger partial charge in [0, 0.05) is 17.5 Å². The van der Waals surface area contributed by atoms with Gasteiger partial charge in [-0.25, -0.2) is 0 Å². The molecule has 0 saturated carbocycles. The number of carbonyl (C=O) groups excluding carboxylic acids is 2. The summed E-state index contributed by atoms with van der Waals surface area (Å²) >= 11 is 5.89. The Balaban J connectivity index is 2.24. The molecule has 0 spiro atoms. The van der Waals surface area contributed by atoms with Crippen LogP contribution in [-0.2, 0) is 16.0 Å². The molecule has 116 valence electrons. The van der Waals surface area contributed by atoms with E-state index in [9.17, 15) is 9.59 Å². The van der Waals surface area contributed by atoms with Gasteiger partial charge in [-0.1, -0.05) is 37.6 Å². The molecule has 1 rings (SSSR count). The number of carbonyl (C=O) groups is 2. The number of rotatable bonds is 8. The summed E-state index contributed by atoms with van der Waals surface area (Å²) in [6.07, 6.45) is 2.30. The molecule has 1 aromatic carbocycles. The molecule has 0 aliphatic carbocycles. The summed E-state index contributed by atoms with van der Waals surface area (Å²) in [5, 5.41) is 6.15. The molecule has 0 bridgehead atoms. The molecule has 0 atom stereocenters. The molecule has 0 aliphatic rings. The largest absolute Gasteiger partial charge is 0.354 e. The van der Waals surface area contributed by atoms with Crippen LogP contribution in [0.15, 0.2) is 24.3 Å². The minimum atomic E-state index is -0.170. The van der Waals surface area contributed by atoms with Crippen LogP contribution in [0.1, 0.15) is 32.3 Å². The second-order valence-electron chi connectivity index (χ2n) is 4.96. The lowest BCUT2D eigenvalue weighted by Gasteiger charge is -2.12. The highest BCUT2D eigenvalue weighted by Gasteiger charge is 2.14. The minimum absolute atomic E-state index is 0.00994. The van der Waals surface area contributed by atoms with Gasteiger partial charge in [-0.3, -0.25) is 9.59 Å². The van der Waals surface area contributed by atoms with Gasteiger partial charge in [-0.15, -0.1) is 0 Å². The third kappa shape index (κ3) is 6.63. The molecule has 4 nitrogen and oxygen atoms in total. The van der Waals surface area contributed by atoms with Crippen molar-refractivity contribution in [2.75, 3.05) is 13.1 Å². The quantitative estimate of drug-likeness (QED) is 0.775. The number of halogens is 1. The average molecular weight is 311 g/mol. The van der Waals surface area contributed by atoms with Crippen LogP contribution < -0.4 is 10.6 Å². The Morgan fingerprint density at radius 2 is 1.90 bits per heavy atom. The van der Waals surface area contributed by atoms with Gasteiger partial charge in [0.05, 0.1) is 6.54 Å². The van der Waals surface area contributed by atoms with Crippen molar-refractivity contribution in [2.24, 2.45) is 5.92 Å². The highest BCUT2D eigenvalue weighted by molar-refractivity contribution is 6.30. The van der Waals surface area contributed by atoms with E-state index in [-0.39, 0.29) is 24.3 Å². The summed E-state index contributed by atoms with van der Waals surface area (Å²) in [6.45, 7) is 4.50. The van der Waals surface area contributed by atoms with Crippen LogP contribution in [0, 0.1) is 5.92 Å². The first-order chi connectivity index (χ1) is 10.1. The summed E-state index contributed by atoms with van der Waals surface area (Å²) in [5.74, 6) is -0.231. The van der Waals surface area contributed by atoms with E-state index < -0.39 is 0 Å². The van der Waals surface area contributed by atoms with Crippen LogP contribution in [-0.4, -0.2) is 24.9 Å². The van der Waals surface area contributed by atoms with Crippen molar-refractivity contribution >= 4 is 23.4 Å². The molecule has 2 N–H and O–H groups in total. The Kier molecular flexibility index (Phi) is 7.83. The van der Waals surface area contributed by atoms with Gasteiger partial charge in [0.1, 0.15) is 0 Å². The van der Waals surface area contributed by atoms with E-state index in [2.05, 4.69) is 10.6 Å². The highest BCUT2D eigenvalue weighted by Crippen LogP contribution is 2.10. The van der Waals surface area contributed by atoms with Crippen molar-refractivity contribution < 1.29 is 9.59 Å². The summed E-state index contributed by atoms with van der Waals surface area (Å²) in [5.41, 5.74) is 1.07.